The molecule has 0 bridgehead atoms. The summed E-state index contributed by atoms with van der Waals surface area (Å²) in [5.74, 6) is -0.613. The number of rotatable bonds is 6. The van der Waals surface area contributed by atoms with Gasteiger partial charge in [-0.3, -0.25) is 9.40 Å². The second kappa shape index (κ2) is 7.19. The molecule has 27 heavy (non-hydrogen) atoms. The average Bonchev–Trinajstić information content (AvgIpc) is 2.88. The molecule has 1 aromatic carbocycles. The van der Waals surface area contributed by atoms with Crippen molar-refractivity contribution in [3.8, 4) is 0 Å². The molecule has 2 heterocycles. The van der Waals surface area contributed by atoms with Gasteiger partial charge in [0.05, 0.1) is 35.2 Å². The standard InChI is InChI=1S/C16H18FN7O2S/c1-10-14(9-24(2)22-10)20-16-18-8-11(17)15(21-16)19-12-6-4-5-7-13(12)23-27(3,25)26/h4-9,23H,1-3H3,(H2,18,19,20,21). The van der Waals surface area contributed by atoms with Gasteiger partial charge in [0, 0.05) is 13.2 Å². The van der Waals surface area contributed by atoms with Gasteiger partial charge >= 0.3 is 0 Å². The summed E-state index contributed by atoms with van der Waals surface area (Å²) in [6.45, 7) is 1.82. The fraction of sp³-hybridized carbons (Fsp3) is 0.188. The lowest BCUT2D eigenvalue weighted by Gasteiger charge is -2.13. The van der Waals surface area contributed by atoms with E-state index in [1.54, 1.807) is 42.2 Å². The normalized spacial score (nSPS) is 11.3. The van der Waals surface area contributed by atoms with Gasteiger partial charge in [-0.15, -0.1) is 0 Å². The van der Waals surface area contributed by atoms with Crippen molar-refractivity contribution in [3.63, 3.8) is 0 Å². The van der Waals surface area contributed by atoms with Crippen molar-refractivity contribution in [1.82, 2.24) is 19.7 Å². The van der Waals surface area contributed by atoms with Crippen LogP contribution in [0.25, 0.3) is 0 Å². The summed E-state index contributed by atoms with van der Waals surface area (Å²) < 4.78 is 41.2. The SMILES string of the molecule is Cc1nn(C)cc1Nc1ncc(F)c(Nc2ccccc2NS(C)(=O)=O)n1. The summed E-state index contributed by atoms with van der Waals surface area (Å²) in [6.07, 6.45) is 3.81. The van der Waals surface area contributed by atoms with Gasteiger partial charge in [0.2, 0.25) is 16.0 Å². The van der Waals surface area contributed by atoms with Crippen LogP contribution in [0.1, 0.15) is 5.69 Å². The molecule has 0 radical (unpaired) electrons. The number of benzene rings is 1. The fourth-order valence-corrected chi connectivity index (χ4v) is 2.94. The Hall–Kier alpha value is -3.21. The molecule has 0 unspecified atom stereocenters. The van der Waals surface area contributed by atoms with Crippen LogP contribution in [0.5, 0.6) is 0 Å². The van der Waals surface area contributed by atoms with Gasteiger partial charge < -0.3 is 10.6 Å². The molecule has 0 aliphatic rings. The number of anilines is 5. The smallest absolute Gasteiger partial charge is 0.229 e. The highest BCUT2D eigenvalue weighted by Gasteiger charge is 2.13. The first-order valence-electron chi connectivity index (χ1n) is 7.85. The Labute approximate surface area is 155 Å². The summed E-state index contributed by atoms with van der Waals surface area (Å²) in [5, 5.41) is 9.98. The Kier molecular flexibility index (Phi) is 4.95. The molecule has 11 heteroatoms. The van der Waals surface area contributed by atoms with Crippen LogP contribution in [-0.4, -0.2) is 34.4 Å². The summed E-state index contributed by atoms with van der Waals surface area (Å²) in [6, 6.07) is 6.51. The van der Waals surface area contributed by atoms with Crippen LogP contribution in [-0.2, 0) is 17.1 Å². The zero-order valence-corrected chi connectivity index (χ0v) is 15.7. The Morgan fingerprint density at radius 1 is 1.11 bits per heavy atom. The molecule has 0 fully saturated rings. The minimum absolute atomic E-state index is 0.100. The van der Waals surface area contributed by atoms with Crippen LogP contribution in [0.3, 0.4) is 0 Å². The lowest BCUT2D eigenvalue weighted by Crippen LogP contribution is -2.11. The molecule has 3 aromatic rings. The van der Waals surface area contributed by atoms with E-state index in [1.165, 1.54) is 0 Å². The first kappa shape index (κ1) is 18.6. The summed E-state index contributed by atoms with van der Waals surface area (Å²) in [5.41, 5.74) is 2.05. The van der Waals surface area contributed by atoms with Crippen LogP contribution < -0.4 is 15.4 Å². The molecule has 0 saturated heterocycles. The van der Waals surface area contributed by atoms with Crippen molar-refractivity contribution in [2.24, 2.45) is 7.05 Å². The highest BCUT2D eigenvalue weighted by atomic mass is 32.2. The van der Waals surface area contributed by atoms with Crippen LogP contribution in [0.2, 0.25) is 0 Å². The third kappa shape index (κ3) is 4.70. The monoisotopic (exact) mass is 391 g/mol. The fourth-order valence-electron chi connectivity index (χ4n) is 2.37. The number of aromatic nitrogens is 4. The van der Waals surface area contributed by atoms with Gasteiger partial charge in [-0.2, -0.15) is 10.1 Å². The predicted molar refractivity (Wildman–Crippen MR) is 101 cm³/mol. The maximum Gasteiger partial charge on any atom is 0.229 e. The largest absolute Gasteiger partial charge is 0.336 e. The zero-order chi connectivity index (χ0) is 19.6. The number of sulfonamides is 1. The lowest BCUT2D eigenvalue weighted by molar-refractivity contribution is 0.607. The van der Waals surface area contributed by atoms with Crippen molar-refractivity contribution in [3.05, 3.63) is 48.2 Å². The van der Waals surface area contributed by atoms with Gasteiger partial charge in [-0.05, 0) is 19.1 Å². The summed E-state index contributed by atoms with van der Waals surface area (Å²) in [7, 11) is -1.71. The number of para-hydroxylation sites is 2. The van der Waals surface area contributed by atoms with Gasteiger partial charge in [-0.1, -0.05) is 12.1 Å². The Balaban J connectivity index is 1.89. The number of hydrogen-bond acceptors (Lipinski definition) is 7. The van der Waals surface area contributed by atoms with E-state index in [0.717, 1.165) is 18.1 Å². The number of nitrogens with zero attached hydrogens (tertiary/aromatic N) is 4. The van der Waals surface area contributed by atoms with E-state index in [4.69, 9.17) is 0 Å². The molecule has 0 spiro atoms. The molecule has 9 nitrogen and oxygen atoms in total. The van der Waals surface area contributed by atoms with E-state index in [9.17, 15) is 12.8 Å². The van der Waals surface area contributed by atoms with Crippen molar-refractivity contribution < 1.29 is 12.8 Å². The van der Waals surface area contributed by atoms with E-state index >= 15 is 0 Å². The van der Waals surface area contributed by atoms with Crippen molar-refractivity contribution >= 4 is 38.9 Å². The molecule has 3 N–H and O–H groups in total. The maximum absolute atomic E-state index is 14.2. The predicted octanol–water partition coefficient (Wildman–Crippen LogP) is 2.52. The van der Waals surface area contributed by atoms with Gasteiger partial charge in [0.25, 0.3) is 0 Å². The Morgan fingerprint density at radius 2 is 1.81 bits per heavy atom. The quantitative estimate of drug-likeness (QED) is 0.591. The number of aryl methyl sites for hydroxylation is 2. The van der Waals surface area contributed by atoms with Crippen molar-refractivity contribution in [1.29, 1.82) is 0 Å². The van der Waals surface area contributed by atoms with Crippen molar-refractivity contribution in [2.75, 3.05) is 21.6 Å². The Morgan fingerprint density at radius 3 is 2.44 bits per heavy atom. The minimum atomic E-state index is -3.49. The molecule has 0 aliphatic carbocycles. The highest BCUT2D eigenvalue weighted by molar-refractivity contribution is 7.92. The van der Waals surface area contributed by atoms with Gasteiger partial charge in [0.1, 0.15) is 0 Å². The molecule has 0 atom stereocenters. The highest BCUT2D eigenvalue weighted by Crippen LogP contribution is 2.27. The van der Waals surface area contributed by atoms with E-state index in [1.807, 2.05) is 6.92 Å². The lowest BCUT2D eigenvalue weighted by atomic mass is 10.2. The summed E-state index contributed by atoms with van der Waals surface area (Å²) in [4.78, 5) is 8.05. The van der Waals surface area contributed by atoms with E-state index in [2.05, 4.69) is 30.4 Å². The first-order valence-corrected chi connectivity index (χ1v) is 9.74. The third-order valence-electron chi connectivity index (χ3n) is 3.48. The molecule has 2 aromatic heterocycles. The molecular formula is C16H18FN7O2S. The van der Waals surface area contributed by atoms with E-state index in [-0.39, 0.29) is 17.5 Å². The molecule has 3 rings (SSSR count). The second-order valence-corrected chi connectivity index (χ2v) is 7.61. The zero-order valence-electron chi connectivity index (χ0n) is 14.9. The topological polar surface area (TPSA) is 114 Å². The van der Waals surface area contributed by atoms with Crippen molar-refractivity contribution in [2.45, 2.75) is 6.92 Å². The molecule has 0 aliphatic heterocycles. The maximum atomic E-state index is 14.2. The van der Waals surface area contributed by atoms with Gasteiger partial charge in [-0.25, -0.2) is 17.8 Å². The minimum Gasteiger partial charge on any atom is -0.336 e. The van der Waals surface area contributed by atoms with Gasteiger partial charge in [0.15, 0.2) is 11.6 Å². The van der Waals surface area contributed by atoms with E-state index < -0.39 is 15.8 Å². The number of hydrogen-bond donors (Lipinski definition) is 3. The second-order valence-electron chi connectivity index (χ2n) is 5.86. The Bertz CT molecular complexity index is 1080. The molecule has 0 amide bonds. The van der Waals surface area contributed by atoms with E-state index in [0.29, 0.717) is 11.4 Å². The van der Waals surface area contributed by atoms with Crippen LogP contribution in [0.4, 0.5) is 33.2 Å². The average molecular weight is 391 g/mol. The third-order valence-corrected chi connectivity index (χ3v) is 4.07. The number of nitrogens with one attached hydrogen (secondary N) is 3. The summed E-state index contributed by atoms with van der Waals surface area (Å²) >= 11 is 0. The van der Waals surface area contributed by atoms with Crippen LogP contribution in [0.15, 0.2) is 36.7 Å². The van der Waals surface area contributed by atoms with Crippen LogP contribution in [0, 0.1) is 12.7 Å². The van der Waals surface area contributed by atoms with Crippen LogP contribution >= 0.6 is 0 Å². The molecule has 0 saturated carbocycles. The molecule has 142 valence electrons. The molecular weight excluding hydrogens is 373 g/mol. The number of halogens is 1. The first-order chi connectivity index (χ1) is 12.7.